The van der Waals surface area contributed by atoms with Crippen LogP contribution in [0.15, 0.2) is 279 Å². The van der Waals surface area contributed by atoms with Crippen molar-refractivity contribution < 1.29 is 0 Å². The van der Waals surface area contributed by atoms with Gasteiger partial charge in [0, 0.05) is 33.4 Å². The third-order valence-electron chi connectivity index (χ3n) is 17.4. The van der Waals surface area contributed by atoms with Crippen LogP contribution in [0.25, 0.3) is 94.3 Å². The quantitative estimate of drug-likeness (QED) is 0.118. The van der Waals surface area contributed by atoms with E-state index in [1.165, 1.54) is 122 Å². The molecule has 2 aliphatic rings. The second kappa shape index (κ2) is 19.9. The van der Waals surface area contributed by atoms with Crippen molar-refractivity contribution in [1.29, 1.82) is 0 Å². The molecule has 0 aliphatic heterocycles. The molecule has 13 aromatic rings. The zero-order valence-corrected chi connectivity index (χ0v) is 45.8. The Kier molecular flexibility index (Phi) is 11.9. The van der Waals surface area contributed by atoms with E-state index in [1.54, 1.807) is 0 Å². The monoisotopic (exact) mass is 1040 g/mol. The molecule has 81 heavy (non-hydrogen) atoms. The van der Waals surface area contributed by atoms with Gasteiger partial charge in [-0.1, -0.05) is 233 Å². The maximum atomic E-state index is 2.50. The number of hydrogen-bond acceptors (Lipinski definition) is 1. The number of hydrogen-bond donors (Lipinski definition) is 0. The van der Waals surface area contributed by atoms with E-state index < -0.39 is 5.41 Å². The van der Waals surface area contributed by atoms with E-state index >= 15 is 0 Å². The first-order valence-corrected chi connectivity index (χ1v) is 28.9. The molecule has 0 bridgehead atoms. The number of anilines is 3. The minimum Gasteiger partial charge on any atom is -0.310 e. The van der Waals surface area contributed by atoms with E-state index in [-0.39, 0.29) is 0 Å². The summed E-state index contributed by atoms with van der Waals surface area (Å²) in [5.41, 5.74) is 29.3. The van der Waals surface area contributed by atoms with Crippen molar-refractivity contribution in [2.75, 3.05) is 4.90 Å². The standard InChI is InChI=1S/C79H60N2/c1-3-17-53-31-47-77-70(49-53)71-50-54(18-4-2)32-48-78(71)81(77)63-43-39-59(40-44-63)57-35-33-56(34-36-57)58-37-41-62(42-38-58)80(76-30-15-11-23-65(76)61-22-16-21-60(51-61)55-19-6-5-7-20-55)64-45-46-69-68-26-10-14-29-74(68)79(75(69)52-64)72-27-12-8-24-66(72)67-25-9-13-28-73(67)79/h5-16,19-52H,3-4,17-18H2,1-2H3. The molecule has 0 saturated heterocycles. The van der Waals surface area contributed by atoms with Gasteiger partial charge in [0.25, 0.3) is 0 Å². The molecule has 386 valence electrons. The molecule has 0 atom stereocenters. The Morgan fingerprint density at radius 1 is 0.309 bits per heavy atom. The first-order chi connectivity index (χ1) is 40.1. The second-order valence-corrected chi connectivity index (χ2v) is 22.1. The summed E-state index contributed by atoms with van der Waals surface area (Å²) in [6, 6.07) is 105. The minimum absolute atomic E-state index is 0.466. The highest BCUT2D eigenvalue weighted by atomic mass is 15.1. The van der Waals surface area contributed by atoms with Crippen molar-refractivity contribution in [1.82, 2.24) is 4.57 Å². The number of fused-ring (bicyclic) bond motifs is 13. The van der Waals surface area contributed by atoms with Crippen molar-refractivity contribution in [2.24, 2.45) is 0 Å². The predicted molar refractivity (Wildman–Crippen MR) is 341 cm³/mol. The number of nitrogens with zero attached hydrogens (tertiary/aromatic N) is 2. The molecule has 0 N–H and O–H groups in total. The largest absolute Gasteiger partial charge is 0.310 e. The highest BCUT2D eigenvalue weighted by molar-refractivity contribution is 6.10. The highest BCUT2D eigenvalue weighted by Crippen LogP contribution is 2.63. The van der Waals surface area contributed by atoms with Crippen LogP contribution in [0.4, 0.5) is 17.1 Å². The number of rotatable bonds is 12. The first-order valence-electron chi connectivity index (χ1n) is 28.9. The van der Waals surface area contributed by atoms with E-state index in [4.69, 9.17) is 0 Å². The summed E-state index contributed by atoms with van der Waals surface area (Å²) in [4.78, 5) is 2.48. The van der Waals surface area contributed by atoms with Crippen LogP contribution in [-0.2, 0) is 18.3 Å². The Morgan fingerprint density at radius 3 is 1.30 bits per heavy atom. The summed E-state index contributed by atoms with van der Waals surface area (Å²) >= 11 is 0. The predicted octanol–water partition coefficient (Wildman–Crippen LogP) is 21.2. The van der Waals surface area contributed by atoms with Crippen LogP contribution in [0.5, 0.6) is 0 Å². The zero-order valence-electron chi connectivity index (χ0n) is 45.8. The molecule has 1 spiro atoms. The van der Waals surface area contributed by atoms with Gasteiger partial charge in [-0.2, -0.15) is 0 Å². The van der Waals surface area contributed by atoms with Gasteiger partial charge in [-0.25, -0.2) is 0 Å². The molecule has 1 aromatic heterocycles. The van der Waals surface area contributed by atoms with Crippen molar-refractivity contribution in [2.45, 2.75) is 44.9 Å². The van der Waals surface area contributed by atoms with Crippen LogP contribution in [0.3, 0.4) is 0 Å². The Balaban J connectivity index is 0.807. The van der Waals surface area contributed by atoms with Gasteiger partial charge >= 0.3 is 0 Å². The number of para-hydroxylation sites is 1. The summed E-state index contributed by atoms with van der Waals surface area (Å²) in [7, 11) is 0. The lowest BCUT2D eigenvalue weighted by atomic mass is 9.70. The van der Waals surface area contributed by atoms with Gasteiger partial charge in [0.2, 0.25) is 0 Å². The lowest BCUT2D eigenvalue weighted by Gasteiger charge is -2.32. The van der Waals surface area contributed by atoms with Gasteiger partial charge in [0.05, 0.1) is 22.1 Å². The van der Waals surface area contributed by atoms with Gasteiger partial charge in [-0.3, -0.25) is 0 Å². The SMILES string of the molecule is CCCc1ccc2c(c1)c1cc(CCC)ccc1n2-c1ccc(-c2ccc(-c3ccc(N(c4ccc5c(c4)C4(c6ccccc6-c6ccccc64)c4ccccc4-5)c4ccccc4-c4cccc(-c5ccccc5)c4)cc3)cc2)cc1. The topological polar surface area (TPSA) is 8.17 Å². The zero-order chi connectivity index (χ0) is 54.0. The van der Waals surface area contributed by atoms with E-state index in [1.807, 2.05) is 0 Å². The van der Waals surface area contributed by atoms with E-state index in [0.717, 1.165) is 48.3 Å². The van der Waals surface area contributed by atoms with Gasteiger partial charge in [-0.05, 0) is 180 Å². The fourth-order valence-corrected chi connectivity index (χ4v) is 13.8. The molecule has 0 fully saturated rings. The van der Waals surface area contributed by atoms with Gasteiger partial charge in [0.15, 0.2) is 0 Å². The molecule has 0 amide bonds. The molecule has 2 nitrogen and oxygen atoms in total. The highest BCUT2D eigenvalue weighted by Gasteiger charge is 2.51. The molecule has 0 unspecified atom stereocenters. The Hall–Kier alpha value is -9.76. The Morgan fingerprint density at radius 2 is 0.741 bits per heavy atom. The van der Waals surface area contributed by atoms with Crippen molar-refractivity contribution in [3.05, 3.63) is 312 Å². The third-order valence-corrected chi connectivity index (χ3v) is 17.4. The normalized spacial score (nSPS) is 12.6. The average Bonchev–Trinajstić information content (AvgIpc) is 1.90. The summed E-state index contributed by atoms with van der Waals surface area (Å²) in [6.45, 7) is 4.53. The van der Waals surface area contributed by atoms with Crippen LogP contribution >= 0.6 is 0 Å². The maximum absolute atomic E-state index is 2.50. The van der Waals surface area contributed by atoms with Crippen LogP contribution in [0.1, 0.15) is 60.1 Å². The van der Waals surface area contributed by atoms with Gasteiger partial charge in [-0.15, -0.1) is 0 Å². The van der Waals surface area contributed by atoms with Gasteiger partial charge in [0.1, 0.15) is 0 Å². The molecule has 12 aromatic carbocycles. The van der Waals surface area contributed by atoms with Gasteiger partial charge < -0.3 is 9.47 Å². The molecule has 0 saturated carbocycles. The van der Waals surface area contributed by atoms with Crippen molar-refractivity contribution in [3.8, 4) is 72.4 Å². The summed E-state index contributed by atoms with van der Waals surface area (Å²) in [5, 5.41) is 2.68. The van der Waals surface area contributed by atoms with Crippen molar-refractivity contribution in [3.63, 3.8) is 0 Å². The second-order valence-electron chi connectivity index (χ2n) is 22.1. The minimum atomic E-state index is -0.466. The first kappa shape index (κ1) is 48.4. The molecule has 15 rings (SSSR count). The maximum Gasteiger partial charge on any atom is 0.0726 e. The summed E-state index contributed by atoms with van der Waals surface area (Å²) in [6.07, 6.45) is 4.46. The fraction of sp³-hybridized carbons (Fsp3) is 0.0886. The molecular weight excluding hydrogens is 977 g/mol. The number of benzene rings is 12. The fourth-order valence-electron chi connectivity index (χ4n) is 13.8. The average molecular weight is 1040 g/mol. The van der Waals surface area contributed by atoms with E-state index in [9.17, 15) is 0 Å². The molecule has 2 heteroatoms. The Labute approximate surface area is 475 Å². The third kappa shape index (κ3) is 7.92. The lowest BCUT2D eigenvalue weighted by Crippen LogP contribution is -2.26. The number of aromatic nitrogens is 1. The van der Waals surface area contributed by atoms with Crippen LogP contribution in [0, 0.1) is 0 Å². The van der Waals surface area contributed by atoms with Crippen LogP contribution in [0.2, 0.25) is 0 Å². The van der Waals surface area contributed by atoms with E-state index in [2.05, 4.69) is 302 Å². The Bertz CT molecular complexity index is 4400. The molecule has 2 aliphatic carbocycles. The molecular formula is C79H60N2. The lowest BCUT2D eigenvalue weighted by molar-refractivity contribution is 0.793. The van der Waals surface area contributed by atoms with Crippen LogP contribution in [-0.4, -0.2) is 4.57 Å². The van der Waals surface area contributed by atoms with E-state index in [0.29, 0.717) is 0 Å². The number of aryl methyl sites for hydroxylation is 2. The van der Waals surface area contributed by atoms with Crippen LogP contribution < -0.4 is 4.90 Å². The molecule has 0 radical (unpaired) electrons. The summed E-state index contributed by atoms with van der Waals surface area (Å²) in [5.74, 6) is 0. The summed E-state index contributed by atoms with van der Waals surface area (Å²) < 4.78 is 2.45. The van der Waals surface area contributed by atoms with Crippen molar-refractivity contribution >= 4 is 38.9 Å². The smallest absolute Gasteiger partial charge is 0.0726 e. The molecule has 1 heterocycles.